The van der Waals surface area contributed by atoms with E-state index in [1.807, 2.05) is 13.0 Å². The Morgan fingerprint density at radius 1 is 1.26 bits per heavy atom. The summed E-state index contributed by atoms with van der Waals surface area (Å²) in [5.41, 5.74) is 2.53. The van der Waals surface area contributed by atoms with E-state index in [1.54, 1.807) is 28.9 Å². The Balaban J connectivity index is 1.52. The summed E-state index contributed by atoms with van der Waals surface area (Å²) >= 11 is 0. The molecule has 1 aliphatic carbocycles. The number of aromatic nitrogens is 3. The molecule has 2 aromatic heterocycles. The van der Waals surface area contributed by atoms with Crippen LogP contribution in [0.4, 0.5) is 16.0 Å². The van der Waals surface area contributed by atoms with E-state index in [1.165, 1.54) is 12.1 Å². The SMILES string of the molecule is C[C@@H](Nc1cc(NC2CC2)n2ncc(C=C3CC(=O)NC3=O)c2n1)c1ccc(F)cc1. The number of hydrogen-bond donors (Lipinski definition) is 3. The number of anilines is 2. The third kappa shape index (κ3) is 3.98. The van der Waals surface area contributed by atoms with Gasteiger partial charge in [-0.1, -0.05) is 12.1 Å². The molecular formula is C22H21FN6O2. The van der Waals surface area contributed by atoms with Crippen molar-refractivity contribution in [2.24, 2.45) is 0 Å². The second-order valence-corrected chi connectivity index (χ2v) is 7.92. The van der Waals surface area contributed by atoms with Crippen LogP contribution in [0.25, 0.3) is 11.7 Å². The van der Waals surface area contributed by atoms with Crippen molar-refractivity contribution in [1.29, 1.82) is 0 Å². The van der Waals surface area contributed by atoms with Crippen molar-refractivity contribution in [3.8, 4) is 0 Å². The van der Waals surface area contributed by atoms with Crippen molar-refractivity contribution in [1.82, 2.24) is 19.9 Å². The lowest BCUT2D eigenvalue weighted by Gasteiger charge is -2.17. The molecule has 8 nitrogen and oxygen atoms in total. The van der Waals surface area contributed by atoms with Gasteiger partial charge in [0.05, 0.1) is 12.6 Å². The van der Waals surface area contributed by atoms with Crippen molar-refractivity contribution in [2.75, 3.05) is 10.6 Å². The smallest absolute Gasteiger partial charge is 0.254 e. The van der Waals surface area contributed by atoms with E-state index >= 15 is 0 Å². The number of carbonyl (C=O) groups excluding carboxylic acids is 2. The Morgan fingerprint density at radius 2 is 2.03 bits per heavy atom. The summed E-state index contributed by atoms with van der Waals surface area (Å²) in [6.45, 7) is 1.97. The minimum absolute atomic E-state index is 0.0445. The molecule has 1 saturated heterocycles. The Bertz CT molecular complexity index is 1210. The average Bonchev–Trinajstić information content (AvgIpc) is 3.37. The number of benzene rings is 1. The molecule has 0 spiro atoms. The lowest BCUT2D eigenvalue weighted by atomic mass is 10.1. The fourth-order valence-corrected chi connectivity index (χ4v) is 3.56. The highest BCUT2D eigenvalue weighted by atomic mass is 19.1. The second kappa shape index (κ2) is 7.50. The van der Waals surface area contributed by atoms with Gasteiger partial charge < -0.3 is 10.6 Å². The summed E-state index contributed by atoms with van der Waals surface area (Å²) in [7, 11) is 0. The predicted octanol–water partition coefficient (Wildman–Crippen LogP) is 3.05. The third-order valence-corrected chi connectivity index (χ3v) is 5.39. The van der Waals surface area contributed by atoms with Gasteiger partial charge in [0.1, 0.15) is 17.5 Å². The summed E-state index contributed by atoms with van der Waals surface area (Å²) in [5, 5.41) is 13.5. The van der Waals surface area contributed by atoms with Crippen LogP contribution in [0.3, 0.4) is 0 Å². The number of imide groups is 1. The van der Waals surface area contributed by atoms with Gasteiger partial charge in [-0.2, -0.15) is 9.61 Å². The summed E-state index contributed by atoms with van der Waals surface area (Å²) in [4.78, 5) is 28.2. The van der Waals surface area contributed by atoms with E-state index in [-0.39, 0.29) is 30.1 Å². The van der Waals surface area contributed by atoms with Crippen LogP contribution in [0.5, 0.6) is 0 Å². The maximum absolute atomic E-state index is 13.3. The van der Waals surface area contributed by atoms with E-state index in [9.17, 15) is 14.0 Å². The topological polar surface area (TPSA) is 100 Å². The van der Waals surface area contributed by atoms with Crippen molar-refractivity contribution < 1.29 is 14.0 Å². The number of rotatable bonds is 6. The first-order valence-corrected chi connectivity index (χ1v) is 10.2. The third-order valence-electron chi connectivity index (χ3n) is 5.39. The molecule has 158 valence electrons. The van der Waals surface area contributed by atoms with Gasteiger partial charge in [-0.3, -0.25) is 14.9 Å². The molecular weight excluding hydrogens is 399 g/mol. The van der Waals surface area contributed by atoms with Gasteiger partial charge in [-0.05, 0) is 43.5 Å². The van der Waals surface area contributed by atoms with E-state index < -0.39 is 0 Å². The first-order chi connectivity index (χ1) is 15.0. The van der Waals surface area contributed by atoms with Gasteiger partial charge in [0.2, 0.25) is 5.91 Å². The Labute approximate surface area is 177 Å². The molecule has 1 aliphatic heterocycles. The van der Waals surface area contributed by atoms with Crippen LogP contribution < -0.4 is 16.0 Å². The zero-order valence-corrected chi connectivity index (χ0v) is 16.9. The monoisotopic (exact) mass is 420 g/mol. The fraction of sp³-hybridized carbons (Fsp3) is 0.273. The Morgan fingerprint density at radius 3 is 2.71 bits per heavy atom. The molecule has 1 saturated carbocycles. The van der Waals surface area contributed by atoms with Crippen LogP contribution in [0.2, 0.25) is 0 Å². The maximum atomic E-state index is 13.3. The van der Waals surface area contributed by atoms with Crippen LogP contribution in [0.1, 0.15) is 43.4 Å². The molecule has 3 heterocycles. The number of fused-ring (bicyclic) bond motifs is 1. The molecule has 2 aliphatic rings. The van der Waals surface area contributed by atoms with Crippen molar-refractivity contribution in [3.63, 3.8) is 0 Å². The molecule has 1 aromatic carbocycles. The summed E-state index contributed by atoms with van der Waals surface area (Å²) < 4.78 is 15.0. The van der Waals surface area contributed by atoms with Crippen LogP contribution in [0.15, 0.2) is 42.1 Å². The number of hydrogen-bond acceptors (Lipinski definition) is 6. The van der Waals surface area contributed by atoms with Crippen LogP contribution in [0, 0.1) is 5.82 Å². The second-order valence-electron chi connectivity index (χ2n) is 7.92. The number of halogens is 1. The number of carbonyl (C=O) groups is 2. The van der Waals surface area contributed by atoms with Crippen molar-refractivity contribution >= 4 is 35.2 Å². The van der Waals surface area contributed by atoms with Crippen LogP contribution >= 0.6 is 0 Å². The van der Waals surface area contributed by atoms with Gasteiger partial charge in [0, 0.05) is 29.3 Å². The highest BCUT2D eigenvalue weighted by molar-refractivity contribution is 6.15. The molecule has 0 bridgehead atoms. The molecule has 2 fully saturated rings. The summed E-state index contributed by atoms with van der Waals surface area (Å²) in [5.74, 6) is 0.433. The molecule has 1 atom stereocenters. The number of nitrogens with one attached hydrogen (secondary N) is 3. The summed E-state index contributed by atoms with van der Waals surface area (Å²) in [6, 6.07) is 8.52. The standard InChI is InChI=1S/C22H21FN6O2/c1-12(13-2-4-16(23)5-3-13)25-18-10-19(26-17-6-7-17)29-21(27-18)15(11-24-29)8-14-9-20(30)28-22(14)31/h2-5,8,10-12,17,26H,6-7,9H2,1H3,(H,25,27)(H,28,30,31)/t12-/m1/s1. The van der Waals surface area contributed by atoms with Crippen molar-refractivity contribution in [3.05, 3.63) is 59.0 Å². The lowest BCUT2D eigenvalue weighted by Crippen LogP contribution is -2.19. The van der Waals surface area contributed by atoms with Gasteiger partial charge in [-0.15, -0.1) is 0 Å². The van der Waals surface area contributed by atoms with Gasteiger partial charge in [-0.25, -0.2) is 9.37 Å². The molecule has 9 heteroatoms. The zero-order chi connectivity index (χ0) is 21.5. The van der Waals surface area contributed by atoms with E-state index in [0.717, 1.165) is 24.2 Å². The minimum atomic E-state index is -0.389. The quantitative estimate of drug-likeness (QED) is 0.419. The van der Waals surface area contributed by atoms with Crippen molar-refractivity contribution in [2.45, 2.75) is 38.3 Å². The van der Waals surface area contributed by atoms with E-state index in [2.05, 4.69) is 21.0 Å². The maximum Gasteiger partial charge on any atom is 0.254 e. The molecule has 3 N–H and O–H groups in total. The average molecular weight is 420 g/mol. The first kappa shape index (κ1) is 19.2. The number of nitrogens with zero attached hydrogens (tertiary/aromatic N) is 3. The molecule has 5 rings (SSSR count). The molecule has 2 amide bonds. The molecule has 0 unspecified atom stereocenters. The highest BCUT2D eigenvalue weighted by Crippen LogP contribution is 2.29. The molecule has 3 aromatic rings. The molecule has 0 radical (unpaired) electrons. The lowest BCUT2D eigenvalue weighted by molar-refractivity contribution is -0.124. The molecule has 31 heavy (non-hydrogen) atoms. The first-order valence-electron chi connectivity index (χ1n) is 10.2. The Hall–Kier alpha value is -3.75. The highest BCUT2D eigenvalue weighted by Gasteiger charge is 2.26. The number of amides is 2. The normalized spacial score (nSPS) is 18.5. The summed E-state index contributed by atoms with van der Waals surface area (Å²) in [6.07, 6.45) is 5.53. The van der Waals surface area contributed by atoms with Gasteiger partial charge >= 0.3 is 0 Å². The van der Waals surface area contributed by atoms with Gasteiger partial charge in [0.25, 0.3) is 5.91 Å². The zero-order valence-electron chi connectivity index (χ0n) is 16.9. The largest absolute Gasteiger partial charge is 0.367 e. The van der Waals surface area contributed by atoms with Gasteiger partial charge in [0.15, 0.2) is 5.65 Å². The van der Waals surface area contributed by atoms with Crippen LogP contribution in [-0.2, 0) is 9.59 Å². The van der Waals surface area contributed by atoms with E-state index in [4.69, 9.17) is 4.98 Å². The fourth-order valence-electron chi connectivity index (χ4n) is 3.56. The predicted molar refractivity (Wildman–Crippen MR) is 114 cm³/mol. The minimum Gasteiger partial charge on any atom is -0.367 e. The van der Waals surface area contributed by atoms with E-state index in [0.29, 0.717) is 28.6 Å². The Kier molecular flexibility index (Phi) is 4.65. The van der Waals surface area contributed by atoms with Crippen LogP contribution in [-0.4, -0.2) is 32.5 Å².